The minimum absolute atomic E-state index is 0.331. The topological polar surface area (TPSA) is 41.6 Å². The summed E-state index contributed by atoms with van der Waals surface area (Å²) in [6.45, 7) is 11.9. The van der Waals surface area contributed by atoms with E-state index >= 15 is 0 Å². The second kappa shape index (κ2) is 4.69. The normalized spacial score (nSPS) is 15.2. The number of hydrogen-bond donors (Lipinski definition) is 1. The molecule has 1 saturated heterocycles. The van der Waals surface area contributed by atoms with E-state index in [1.165, 1.54) is 0 Å². The first-order valence-electron chi connectivity index (χ1n) is 4.61. The van der Waals surface area contributed by atoms with Gasteiger partial charge in [0.15, 0.2) is 0 Å². The van der Waals surface area contributed by atoms with Crippen LogP contribution in [-0.4, -0.2) is 37.1 Å². The molecule has 0 aromatic rings. The maximum Gasteiger partial charge on any atom is 0.333 e. The van der Waals surface area contributed by atoms with E-state index in [1.54, 1.807) is 6.92 Å². The number of carbonyl (C=O) groups is 1. The first kappa shape index (κ1) is 10.6. The van der Waals surface area contributed by atoms with Gasteiger partial charge in [-0.25, -0.2) is 4.79 Å². The molecular formula is C10H16N2O2. The number of carbonyl (C=O) groups excluding carboxylic acids is 1. The molecule has 1 aliphatic heterocycles. The molecule has 4 heteroatoms. The Morgan fingerprint density at radius 1 is 1.71 bits per heavy atom. The summed E-state index contributed by atoms with van der Waals surface area (Å²) >= 11 is 0. The van der Waals surface area contributed by atoms with E-state index < -0.39 is 0 Å². The second-order valence-corrected chi connectivity index (χ2v) is 3.28. The first-order valence-corrected chi connectivity index (χ1v) is 4.61. The van der Waals surface area contributed by atoms with Crippen LogP contribution in [0.4, 0.5) is 0 Å². The van der Waals surface area contributed by atoms with Crippen LogP contribution in [-0.2, 0) is 9.53 Å². The van der Waals surface area contributed by atoms with Gasteiger partial charge < -0.3 is 15.0 Å². The van der Waals surface area contributed by atoms with Crippen molar-refractivity contribution >= 4 is 5.97 Å². The molecular weight excluding hydrogens is 180 g/mol. The molecule has 1 rings (SSSR count). The molecule has 1 fully saturated rings. The van der Waals surface area contributed by atoms with Gasteiger partial charge in [-0.15, -0.1) is 0 Å². The van der Waals surface area contributed by atoms with Crippen molar-refractivity contribution in [3.8, 4) is 0 Å². The maximum absolute atomic E-state index is 11.0. The lowest BCUT2D eigenvalue weighted by Gasteiger charge is -2.17. The van der Waals surface area contributed by atoms with Gasteiger partial charge in [0.05, 0.1) is 12.4 Å². The molecule has 0 atom stereocenters. The molecule has 0 aliphatic carbocycles. The fourth-order valence-electron chi connectivity index (χ4n) is 1.20. The molecule has 4 nitrogen and oxygen atoms in total. The molecule has 0 aromatic carbocycles. The molecule has 0 radical (unpaired) electrons. The van der Waals surface area contributed by atoms with Crippen LogP contribution in [0.5, 0.6) is 0 Å². The average Bonchev–Trinajstić information content (AvgIpc) is 2.51. The van der Waals surface area contributed by atoms with Crippen LogP contribution >= 0.6 is 0 Å². The largest absolute Gasteiger partial charge is 0.460 e. The summed E-state index contributed by atoms with van der Waals surface area (Å²) in [6.07, 6.45) is 0. The average molecular weight is 196 g/mol. The summed E-state index contributed by atoms with van der Waals surface area (Å²) in [5.74, 6) is 0.569. The Balaban J connectivity index is 2.18. The number of nitrogens with zero attached hydrogens (tertiary/aromatic N) is 1. The van der Waals surface area contributed by atoms with Crippen molar-refractivity contribution in [2.75, 3.05) is 26.2 Å². The van der Waals surface area contributed by atoms with Gasteiger partial charge in [0.25, 0.3) is 0 Å². The smallest absolute Gasteiger partial charge is 0.333 e. The molecule has 1 heterocycles. The second-order valence-electron chi connectivity index (χ2n) is 3.28. The van der Waals surface area contributed by atoms with E-state index in [2.05, 4.69) is 18.5 Å². The Morgan fingerprint density at radius 2 is 2.43 bits per heavy atom. The monoisotopic (exact) mass is 196 g/mol. The van der Waals surface area contributed by atoms with Gasteiger partial charge in [-0.1, -0.05) is 13.2 Å². The zero-order valence-corrected chi connectivity index (χ0v) is 8.51. The van der Waals surface area contributed by atoms with E-state index in [1.807, 2.05) is 4.90 Å². The van der Waals surface area contributed by atoms with E-state index in [9.17, 15) is 4.79 Å². The van der Waals surface area contributed by atoms with Crippen molar-refractivity contribution < 1.29 is 9.53 Å². The molecule has 14 heavy (non-hydrogen) atoms. The predicted molar refractivity (Wildman–Crippen MR) is 54.5 cm³/mol. The lowest BCUT2D eigenvalue weighted by Crippen LogP contribution is -2.25. The van der Waals surface area contributed by atoms with Gasteiger partial charge in [0, 0.05) is 18.7 Å². The highest BCUT2D eigenvalue weighted by Gasteiger charge is 2.13. The Kier molecular flexibility index (Phi) is 3.56. The van der Waals surface area contributed by atoms with E-state index in [4.69, 9.17) is 4.74 Å². The van der Waals surface area contributed by atoms with Crippen LogP contribution in [0.15, 0.2) is 24.6 Å². The molecule has 0 spiro atoms. The summed E-state index contributed by atoms with van der Waals surface area (Å²) < 4.78 is 4.96. The molecule has 0 saturated carbocycles. The molecule has 1 aliphatic rings. The summed E-state index contributed by atoms with van der Waals surface area (Å²) in [5, 5.41) is 3.10. The highest BCUT2D eigenvalue weighted by Crippen LogP contribution is 2.03. The number of esters is 1. The quantitative estimate of drug-likeness (QED) is 0.524. The Bertz CT molecular complexity index is 261. The lowest BCUT2D eigenvalue weighted by molar-refractivity contribution is -0.139. The number of ether oxygens (including phenoxy) is 1. The van der Waals surface area contributed by atoms with Gasteiger partial charge in [-0.3, -0.25) is 0 Å². The van der Waals surface area contributed by atoms with Crippen LogP contribution in [0.3, 0.4) is 0 Å². The Morgan fingerprint density at radius 3 is 2.93 bits per heavy atom. The van der Waals surface area contributed by atoms with E-state index in [-0.39, 0.29) is 5.97 Å². The molecule has 0 unspecified atom stereocenters. The fraction of sp³-hybridized carbons (Fsp3) is 0.500. The highest BCUT2D eigenvalue weighted by atomic mass is 16.5. The molecule has 0 bridgehead atoms. The summed E-state index contributed by atoms with van der Waals surface area (Å²) in [5.41, 5.74) is 0.434. The van der Waals surface area contributed by atoms with Crippen molar-refractivity contribution in [1.29, 1.82) is 0 Å². The highest BCUT2D eigenvalue weighted by molar-refractivity contribution is 5.86. The standard InChI is InChI=1S/C10H16N2O2/c1-8(2)10(13)14-7-6-12-5-4-11-9(12)3/h11H,1,3-7H2,2H3. The van der Waals surface area contributed by atoms with Crippen LogP contribution in [0, 0.1) is 0 Å². The molecule has 0 aromatic heterocycles. The van der Waals surface area contributed by atoms with Crippen LogP contribution in [0.1, 0.15) is 6.92 Å². The van der Waals surface area contributed by atoms with Crippen molar-refractivity contribution in [1.82, 2.24) is 10.2 Å². The van der Waals surface area contributed by atoms with Crippen molar-refractivity contribution in [3.63, 3.8) is 0 Å². The van der Waals surface area contributed by atoms with Crippen molar-refractivity contribution in [2.24, 2.45) is 0 Å². The number of nitrogens with one attached hydrogen (secondary N) is 1. The Hall–Kier alpha value is -1.45. The third-order valence-electron chi connectivity index (χ3n) is 2.04. The number of hydrogen-bond acceptors (Lipinski definition) is 4. The van der Waals surface area contributed by atoms with Gasteiger partial charge in [-0.2, -0.15) is 0 Å². The third-order valence-corrected chi connectivity index (χ3v) is 2.04. The zero-order chi connectivity index (χ0) is 10.6. The molecule has 1 N–H and O–H groups in total. The Labute approximate surface area is 84.2 Å². The van der Waals surface area contributed by atoms with Crippen molar-refractivity contribution in [3.05, 3.63) is 24.6 Å². The fourth-order valence-corrected chi connectivity index (χ4v) is 1.20. The van der Waals surface area contributed by atoms with Crippen LogP contribution < -0.4 is 5.32 Å². The lowest BCUT2D eigenvalue weighted by atomic mass is 10.4. The maximum atomic E-state index is 11.0. The molecule has 0 amide bonds. The summed E-state index contributed by atoms with van der Waals surface area (Å²) in [7, 11) is 0. The molecule has 78 valence electrons. The van der Waals surface area contributed by atoms with Gasteiger partial charge in [-0.05, 0) is 6.92 Å². The van der Waals surface area contributed by atoms with Crippen LogP contribution in [0.2, 0.25) is 0 Å². The third kappa shape index (κ3) is 2.80. The van der Waals surface area contributed by atoms with Crippen LogP contribution in [0.25, 0.3) is 0 Å². The first-order chi connectivity index (χ1) is 6.61. The van der Waals surface area contributed by atoms with Gasteiger partial charge in [0.1, 0.15) is 6.61 Å². The van der Waals surface area contributed by atoms with Gasteiger partial charge in [0.2, 0.25) is 0 Å². The van der Waals surface area contributed by atoms with Crippen molar-refractivity contribution in [2.45, 2.75) is 6.92 Å². The van der Waals surface area contributed by atoms with E-state index in [0.717, 1.165) is 18.9 Å². The van der Waals surface area contributed by atoms with E-state index in [0.29, 0.717) is 18.7 Å². The minimum atomic E-state index is -0.331. The predicted octanol–water partition coefficient (Wildman–Crippen LogP) is 0.482. The number of rotatable bonds is 4. The SMILES string of the molecule is C=C(C)C(=O)OCCN1CCNC1=C. The van der Waals surface area contributed by atoms with Gasteiger partial charge >= 0.3 is 5.97 Å². The summed E-state index contributed by atoms with van der Waals surface area (Å²) in [4.78, 5) is 13.1. The summed E-state index contributed by atoms with van der Waals surface area (Å²) in [6, 6.07) is 0. The zero-order valence-electron chi connectivity index (χ0n) is 8.51. The minimum Gasteiger partial charge on any atom is -0.460 e.